The fraction of sp³-hybridized carbons (Fsp3) is 0.0588. The molecule has 0 atom stereocenters. The number of benzene rings is 2. The Morgan fingerprint density at radius 2 is 1.43 bits per heavy atom. The van der Waals surface area contributed by atoms with Crippen LogP contribution >= 0.6 is 23.2 Å². The van der Waals surface area contributed by atoms with Gasteiger partial charge in [-0.3, -0.25) is 4.79 Å². The zero-order chi connectivity index (χ0) is 20.7. The Balaban J connectivity index is 2.25. The molecule has 1 heterocycles. The summed E-state index contributed by atoms with van der Waals surface area (Å²) in [5, 5.41) is 3.87. The zero-order valence-electron chi connectivity index (χ0n) is 13.5. The molecule has 3 rings (SSSR count). The molecule has 5 nitrogen and oxygen atoms in total. The topological polar surface area (TPSA) is 77.2 Å². The Labute approximate surface area is 166 Å². The number of alkyl halides is 3. The molecule has 2 aromatic carbocycles. The summed E-state index contributed by atoms with van der Waals surface area (Å²) in [4.78, 5) is 11.3. The van der Waals surface area contributed by atoms with Crippen molar-refractivity contribution in [1.29, 1.82) is 0 Å². The summed E-state index contributed by atoms with van der Waals surface area (Å²) in [5.41, 5.74) is -6.81. The van der Waals surface area contributed by atoms with Crippen LogP contribution in [0, 0.1) is 0 Å². The van der Waals surface area contributed by atoms with Gasteiger partial charge in [0.05, 0.1) is 0 Å². The number of hydrogen-bond donors (Lipinski definition) is 0. The molecule has 0 fully saturated rings. The summed E-state index contributed by atoms with van der Waals surface area (Å²) in [5.74, 6) is -1.78. The van der Waals surface area contributed by atoms with Gasteiger partial charge >= 0.3 is 5.51 Å². The highest BCUT2D eigenvalue weighted by atomic mass is 35.5. The van der Waals surface area contributed by atoms with Crippen molar-refractivity contribution >= 4 is 38.8 Å². The maximum atomic E-state index is 13.2. The highest BCUT2D eigenvalue weighted by molar-refractivity contribution is 7.92. The molecule has 0 radical (unpaired) electrons. The quantitative estimate of drug-likeness (QED) is 0.513. The minimum atomic E-state index is -5.95. The van der Waals surface area contributed by atoms with Gasteiger partial charge in [0.1, 0.15) is 0 Å². The molecule has 1 aromatic heterocycles. The SMILES string of the molecule is O=C(c1ccc(Cl)cc1)c1noc(-c2ccc(Cl)cc2)c1S(=O)(=O)C(F)(F)F. The molecule has 0 amide bonds. The second-order valence-electron chi connectivity index (χ2n) is 5.48. The fourth-order valence-electron chi connectivity index (χ4n) is 2.31. The van der Waals surface area contributed by atoms with E-state index in [1.807, 2.05) is 0 Å². The molecule has 0 aliphatic heterocycles. The van der Waals surface area contributed by atoms with Crippen molar-refractivity contribution in [2.45, 2.75) is 10.4 Å². The zero-order valence-corrected chi connectivity index (χ0v) is 15.8. The molecule has 0 unspecified atom stereocenters. The van der Waals surface area contributed by atoms with Crippen LogP contribution in [-0.2, 0) is 9.84 Å². The van der Waals surface area contributed by atoms with Gasteiger partial charge in [-0.25, -0.2) is 8.42 Å². The number of nitrogens with zero attached hydrogens (tertiary/aromatic N) is 1. The minimum absolute atomic E-state index is 0.0464. The summed E-state index contributed by atoms with van der Waals surface area (Å²) in [6.45, 7) is 0. The first-order chi connectivity index (χ1) is 13.0. The maximum absolute atomic E-state index is 13.2. The lowest BCUT2D eigenvalue weighted by molar-refractivity contribution is -0.0436. The molecule has 0 saturated carbocycles. The average Bonchev–Trinajstić information content (AvgIpc) is 3.07. The third-order valence-corrected chi connectivity index (χ3v) is 5.68. The number of carbonyl (C=O) groups excluding carboxylic acids is 1. The average molecular weight is 450 g/mol. The van der Waals surface area contributed by atoms with Crippen LogP contribution in [0.3, 0.4) is 0 Å². The summed E-state index contributed by atoms with van der Waals surface area (Å²) in [6, 6.07) is 10.2. The van der Waals surface area contributed by atoms with Crippen LogP contribution in [0.5, 0.6) is 0 Å². The lowest BCUT2D eigenvalue weighted by atomic mass is 10.1. The van der Waals surface area contributed by atoms with E-state index in [1.165, 1.54) is 48.5 Å². The number of ketones is 1. The smallest absolute Gasteiger partial charge is 0.354 e. The Morgan fingerprint density at radius 3 is 1.93 bits per heavy atom. The summed E-state index contributed by atoms with van der Waals surface area (Å²) in [6.07, 6.45) is 0. The molecular formula is C17H8Cl2F3NO4S. The van der Waals surface area contributed by atoms with Crippen molar-refractivity contribution < 1.29 is 30.9 Å². The molecular weight excluding hydrogens is 442 g/mol. The Kier molecular flexibility index (Phi) is 5.26. The number of aromatic nitrogens is 1. The van der Waals surface area contributed by atoms with Crippen LogP contribution in [0.1, 0.15) is 16.1 Å². The van der Waals surface area contributed by atoms with Crippen molar-refractivity contribution in [3.63, 3.8) is 0 Å². The molecule has 11 heteroatoms. The predicted molar refractivity (Wildman–Crippen MR) is 95.1 cm³/mol. The van der Waals surface area contributed by atoms with Crippen LogP contribution < -0.4 is 0 Å². The first-order valence-corrected chi connectivity index (χ1v) is 9.63. The number of hydrogen-bond acceptors (Lipinski definition) is 5. The van der Waals surface area contributed by atoms with Crippen molar-refractivity contribution in [2.24, 2.45) is 0 Å². The summed E-state index contributed by atoms with van der Waals surface area (Å²) >= 11 is 11.5. The van der Waals surface area contributed by atoms with E-state index in [4.69, 9.17) is 27.7 Å². The third kappa shape index (κ3) is 3.65. The van der Waals surface area contributed by atoms with Crippen LogP contribution in [0.25, 0.3) is 11.3 Å². The van der Waals surface area contributed by atoms with Crippen LogP contribution in [-0.4, -0.2) is 24.9 Å². The van der Waals surface area contributed by atoms with E-state index < -0.39 is 37.5 Å². The highest BCUT2D eigenvalue weighted by Crippen LogP contribution is 2.39. The summed E-state index contributed by atoms with van der Waals surface area (Å²) in [7, 11) is -5.95. The highest BCUT2D eigenvalue weighted by Gasteiger charge is 2.52. The molecule has 0 N–H and O–H groups in total. The van der Waals surface area contributed by atoms with Gasteiger partial charge in [0.25, 0.3) is 9.84 Å². The molecule has 0 aliphatic carbocycles. The normalized spacial score (nSPS) is 12.2. The van der Waals surface area contributed by atoms with Crippen molar-refractivity contribution in [2.75, 3.05) is 0 Å². The lowest BCUT2D eigenvalue weighted by Crippen LogP contribution is -2.25. The van der Waals surface area contributed by atoms with Gasteiger partial charge in [-0.2, -0.15) is 13.2 Å². The molecule has 0 aliphatic rings. The Morgan fingerprint density at radius 1 is 0.929 bits per heavy atom. The van der Waals surface area contributed by atoms with E-state index in [2.05, 4.69) is 5.16 Å². The molecule has 146 valence electrons. The maximum Gasteiger partial charge on any atom is 0.502 e. The second kappa shape index (κ2) is 7.23. The van der Waals surface area contributed by atoms with E-state index in [-0.39, 0.29) is 21.2 Å². The van der Waals surface area contributed by atoms with Gasteiger partial charge in [0, 0.05) is 21.2 Å². The van der Waals surface area contributed by atoms with Gasteiger partial charge in [0.2, 0.25) is 5.78 Å². The Bertz CT molecular complexity index is 1140. The number of carbonyl (C=O) groups is 1. The van der Waals surface area contributed by atoms with Crippen molar-refractivity contribution in [3.8, 4) is 11.3 Å². The lowest BCUT2D eigenvalue weighted by Gasteiger charge is -2.09. The standard InChI is InChI=1S/C17H8Cl2F3NO4S/c18-11-5-1-9(2-6-11)14(24)13-16(28(25,26)17(20,21)22)15(27-23-13)10-3-7-12(19)8-4-10/h1-8H. The fourth-order valence-corrected chi connectivity index (χ4v) is 3.58. The van der Waals surface area contributed by atoms with Gasteiger partial charge in [-0.05, 0) is 48.5 Å². The largest absolute Gasteiger partial charge is 0.502 e. The monoisotopic (exact) mass is 449 g/mol. The van der Waals surface area contributed by atoms with Crippen molar-refractivity contribution in [3.05, 3.63) is 69.8 Å². The molecule has 28 heavy (non-hydrogen) atoms. The molecule has 0 saturated heterocycles. The van der Waals surface area contributed by atoms with E-state index in [9.17, 15) is 26.4 Å². The number of rotatable bonds is 4. The summed E-state index contributed by atoms with van der Waals surface area (Å²) < 4.78 is 68.9. The molecule has 0 spiro atoms. The van der Waals surface area contributed by atoms with Crippen LogP contribution in [0.15, 0.2) is 57.9 Å². The van der Waals surface area contributed by atoms with E-state index in [1.54, 1.807) is 0 Å². The van der Waals surface area contributed by atoms with Gasteiger partial charge < -0.3 is 4.52 Å². The number of halogens is 5. The van der Waals surface area contributed by atoms with E-state index in [0.717, 1.165) is 0 Å². The predicted octanol–water partition coefficient (Wildman–Crippen LogP) is 5.17. The first-order valence-electron chi connectivity index (χ1n) is 7.39. The number of sulfone groups is 1. The van der Waals surface area contributed by atoms with Crippen LogP contribution in [0.2, 0.25) is 10.0 Å². The van der Waals surface area contributed by atoms with Gasteiger partial charge in [-0.15, -0.1) is 0 Å². The first kappa shape index (κ1) is 20.4. The van der Waals surface area contributed by atoms with Crippen molar-refractivity contribution in [1.82, 2.24) is 5.16 Å². The second-order valence-corrected chi connectivity index (χ2v) is 8.23. The van der Waals surface area contributed by atoms with E-state index in [0.29, 0.717) is 0 Å². The van der Waals surface area contributed by atoms with Gasteiger partial charge in [0.15, 0.2) is 16.3 Å². The molecule has 0 bridgehead atoms. The van der Waals surface area contributed by atoms with E-state index >= 15 is 0 Å². The minimum Gasteiger partial charge on any atom is -0.354 e. The van der Waals surface area contributed by atoms with Gasteiger partial charge in [-0.1, -0.05) is 28.4 Å². The van der Waals surface area contributed by atoms with Crippen LogP contribution in [0.4, 0.5) is 13.2 Å². The molecule has 3 aromatic rings. The third-order valence-electron chi connectivity index (χ3n) is 3.65. The Hall–Kier alpha value is -2.36.